The summed E-state index contributed by atoms with van der Waals surface area (Å²) in [6, 6.07) is 7.07. The molecule has 0 saturated heterocycles. The summed E-state index contributed by atoms with van der Waals surface area (Å²) in [7, 11) is -3.90. The van der Waals surface area contributed by atoms with Gasteiger partial charge < -0.3 is 5.32 Å². The van der Waals surface area contributed by atoms with E-state index in [0.29, 0.717) is 6.07 Å². The van der Waals surface area contributed by atoms with Gasteiger partial charge in [-0.2, -0.15) is 13.2 Å². The van der Waals surface area contributed by atoms with Crippen molar-refractivity contribution < 1.29 is 30.8 Å². The molecule has 2 aromatic rings. The maximum Gasteiger partial charge on any atom is 0.416 e. The molecule has 0 radical (unpaired) electrons. The van der Waals surface area contributed by atoms with Crippen molar-refractivity contribution in [2.24, 2.45) is 5.92 Å². The summed E-state index contributed by atoms with van der Waals surface area (Å²) in [6.45, 7) is 0.168. The van der Waals surface area contributed by atoms with Gasteiger partial charge in [-0.1, -0.05) is 17.7 Å². The molecule has 1 saturated carbocycles. The monoisotopic (exact) mass is 449 g/mol. The molecular weight excluding hydrogens is 434 g/mol. The predicted octanol–water partition coefficient (Wildman–Crippen LogP) is 4.48. The van der Waals surface area contributed by atoms with E-state index in [-0.39, 0.29) is 40.8 Å². The van der Waals surface area contributed by atoms with Crippen LogP contribution in [0.4, 0.5) is 17.6 Å². The molecule has 0 unspecified atom stereocenters. The summed E-state index contributed by atoms with van der Waals surface area (Å²) in [5.41, 5.74) is -0.974. The van der Waals surface area contributed by atoms with Gasteiger partial charge in [0, 0.05) is 17.1 Å². The van der Waals surface area contributed by atoms with Crippen LogP contribution < -0.4 is 5.32 Å². The molecule has 1 amide bonds. The number of carbonyl (C=O) groups is 1. The van der Waals surface area contributed by atoms with Crippen LogP contribution in [0, 0.1) is 11.7 Å². The quantitative estimate of drug-likeness (QED) is 0.684. The Morgan fingerprint density at radius 2 is 1.83 bits per heavy atom. The second-order valence-electron chi connectivity index (χ2n) is 6.90. The zero-order chi connectivity index (χ0) is 21.4. The molecule has 0 aliphatic heterocycles. The molecular formula is C19H16ClF4NO3S. The number of hydrogen-bond acceptors (Lipinski definition) is 3. The number of carbonyl (C=O) groups excluding carboxylic acids is 1. The first-order valence-corrected chi connectivity index (χ1v) is 10.5. The molecule has 1 N–H and O–H groups in total. The standard InChI is InChI=1S/C19H16ClF4NO3S/c20-14-6-12(7-15(21)9-14)18(26)25-10-11-4-17(5-11)29(27,28)16-3-1-2-13(8-16)19(22,23)24/h1-3,6-9,11,17H,4-5,10H2,(H,25,26)/t11-,17-. The fraction of sp³-hybridized carbons (Fsp3) is 0.316. The third-order valence-corrected chi connectivity index (χ3v) is 7.19. The van der Waals surface area contributed by atoms with Crippen LogP contribution in [0.2, 0.25) is 5.02 Å². The van der Waals surface area contributed by atoms with Crippen molar-refractivity contribution >= 4 is 27.3 Å². The first-order valence-electron chi connectivity index (χ1n) is 8.62. The van der Waals surface area contributed by atoms with E-state index in [9.17, 15) is 30.8 Å². The minimum Gasteiger partial charge on any atom is -0.352 e. The lowest BCUT2D eigenvalue weighted by atomic mass is 9.85. The highest BCUT2D eigenvalue weighted by molar-refractivity contribution is 7.92. The number of hydrogen-bond donors (Lipinski definition) is 1. The van der Waals surface area contributed by atoms with Gasteiger partial charge in [0.05, 0.1) is 15.7 Å². The summed E-state index contributed by atoms with van der Waals surface area (Å²) in [5.74, 6) is -1.34. The first kappa shape index (κ1) is 21.6. The molecule has 4 nitrogen and oxygen atoms in total. The van der Waals surface area contributed by atoms with Crippen LogP contribution in [-0.4, -0.2) is 26.1 Å². The van der Waals surface area contributed by atoms with Crippen LogP contribution >= 0.6 is 11.6 Å². The number of amides is 1. The van der Waals surface area contributed by atoms with E-state index in [1.165, 1.54) is 6.07 Å². The van der Waals surface area contributed by atoms with Gasteiger partial charge in [-0.3, -0.25) is 4.79 Å². The van der Waals surface area contributed by atoms with Gasteiger partial charge >= 0.3 is 6.18 Å². The van der Waals surface area contributed by atoms with E-state index in [4.69, 9.17) is 11.6 Å². The number of sulfone groups is 1. The summed E-state index contributed by atoms with van der Waals surface area (Å²) in [5, 5.41) is 1.85. The Kier molecular flexibility index (Phi) is 5.91. The Morgan fingerprint density at radius 3 is 2.45 bits per heavy atom. The molecule has 0 bridgehead atoms. The third kappa shape index (κ3) is 4.90. The van der Waals surface area contributed by atoms with E-state index >= 15 is 0 Å². The highest BCUT2D eigenvalue weighted by Crippen LogP contribution is 2.37. The molecule has 10 heteroatoms. The Hall–Kier alpha value is -2.13. The van der Waals surface area contributed by atoms with Crippen molar-refractivity contribution in [1.29, 1.82) is 0 Å². The summed E-state index contributed by atoms with van der Waals surface area (Å²) in [4.78, 5) is 11.7. The number of halogens is 5. The van der Waals surface area contributed by atoms with Crippen molar-refractivity contribution in [2.75, 3.05) is 6.54 Å². The topological polar surface area (TPSA) is 63.2 Å². The second-order valence-corrected chi connectivity index (χ2v) is 9.56. The van der Waals surface area contributed by atoms with Gasteiger partial charge in [0.2, 0.25) is 0 Å². The van der Waals surface area contributed by atoms with Crippen LogP contribution in [-0.2, 0) is 16.0 Å². The van der Waals surface area contributed by atoms with Crippen molar-refractivity contribution in [3.05, 3.63) is 64.4 Å². The van der Waals surface area contributed by atoms with Gasteiger partial charge in [0.1, 0.15) is 5.82 Å². The zero-order valence-corrected chi connectivity index (χ0v) is 16.4. The SMILES string of the molecule is O=C(NC[C@H]1C[C@H](S(=O)(=O)c2cccc(C(F)(F)F)c2)C1)c1cc(F)cc(Cl)c1. The lowest BCUT2D eigenvalue weighted by Gasteiger charge is -2.35. The maximum absolute atomic E-state index is 13.3. The van der Waals surface area contributed by atoms with Gasteiger partial charge in [0.25, 0.3) is 5.91 Å². The summed E-state index contributed by atoms with van der Waals surface area (Å²) < 4.78 is 76.9. The van der Waals surface area contributed by atoms with Crippen molar-refractivity contribution in [3.8, 4) is 0 Å². The molecule has 29 heavy (non-hydrogen) atoms. The average Bonchev–Trinajstić information content (AvgIpc) is 2.58. The van der Waals surface area contributed by atoms with Crippen LogP contribution in [0.3, 0.4) is 0 Å². The Morgan fingerprint density at radius 1 is 1.14 bits per heavy atom. The Bertz CT molecular complexity index is 1010. The van der Waals surface area contributed by atoms with E-state index in [1.54, 1.807) is 0 Å². The molecule has 3 rings (SSSR count). The van der Waals surface area contributed by atoms with Crippen molar-refractivity contribution in [2.45, 2.75) is 29.2 Å². The number of rotatable bonds is 5. The molecule has 2 aromatic carbocycles. The smallest absolute Gasteiger partial charge is 0.352 e. The van der Waals surface area contributed by atoms with Gasteiger partial charge in [-0.05, 0) is 55.2 Å². The molecule has 0 atom stereocenters. The minimum atomic E-state index is -4.63. The molecule has 0 heterocycles. The summed E-state index contributed by atoms with van der Waals surface area (Å²) in [6.07, 6.45) is -4.21. The minimum absolute atomic E-state index is 0.0439. The van der Waals surface area contributed by atoms with Crippen molar-refractivity contribution in [3.63, 3.8) is 0 Å². The molecule has 156 valence electrons. The normalized spacial score (nSPS) is 19.5. The van der Waals surface area contributed by atoms with Crippen molar-refractivity contribution in [1.82, 2.24) is 5.32 Å². The van der Waals surface area contributed by atoms with Crippen LogP contribution in [0.5, 0.6) is 0 Å². The highest BCUT2D eigenvalue weighted by Gasteiger charge is 2.40. The maximum atomic E-state index is 13.3. The van der Waals surface area contributed by atoms with Gasteiger partial charge in [0.15, 0.2) is 9.84 Å². The summed E-state index contributed by atoms with van der Waals surface area (Å²) >= 11 is 5.71. The Balaban J connectivity index is 1.58. The lowest BCUT2D eigenvalue weighted by Crippen LogP contribution is -2.42. The Labute approximate surface area is 169 Å². The van der Waals surface area contributed by atoms with Crippen LogP contribution in [0.1, 0.15) is 28.8 Å². The molecule has 0 aromatic heterocycles. The second kappa shape index (κ2) is 7.95. The van der Waals surface area contributed by atoms with Crippen LogP contribution in [0.25, 0.3) is 0 Å². The average molecular weight is 450 g/mol. The zero-order valence-electron chi connectivity index (χ0n) is 14.8. The van der Waals surface area contributed by atoms with Gasteiger partial charge in [-0.15, -0.1) is 0 Å². The van der Waals surface area contributed by atoms with Crippen LogP contribution in [0.15, 0.2) is 47.4 Å². The predicted molar refractivity (Wildman–Crippen MR) is 98.9 cm³/mol. The third-order valence-electron chi connectivity index (χ3n) is 4.80. The fourth-order valence-corrected chi connectivity index (χ4v) is 5.38. The van der Waals surface area contributed by atoms with E-state index in [2.05, 4.69) is 5.32 Å². The molecule has 0 spiro atoms. The number of alkyl halides is 3. The molecule has 1 aliphatic rings. The lowest BCUT2D eigenvalue weighted by molar-refractivity contribution is -0.137. The van der Waals surface area contributed by atoms with Gasteiger partial charge in [-0.25, -0.2) is 12.8 Å². The fourth-order valence-electron chi connectivity index (χ4n) is 3.16. The highest BCUT2D eigenvalue weighted by atomic mass is 35.5. The van der Waals surface area contributed by atoms with E-state index in [0.717, 1.165) is 30.3 Å². The number of nitrogens with one attached hydrogen (secondary N) is 1. The van der Waals surface area contributed by atoms with E-state index in [1.807, 2.05) is 0 Å². The largest absolute Gasteiger partial charge is 0.416 e. The first-order chi connectivity index (χ1) is 13.5. The molecule has 1 aliphatic carbocycles. The van der Waals surface area contributed by atoms with E-state index < -0.39 is 38.6 Å². The molecule has 1 fully saturated rings. The number of benzene rings is 2.